The molecule has 1 aromatic rings. The van der Waals surface area contributed by atoms with Crippen molar-refractivity contribution in [2.75, 3.05) is 0 Å². The standard InChI is InChI=1S/C11H15N3O2/c1-11(2,3)13-10(12)8-5-4-6-9(7-8)14(15)16/h4-7H,1-3H3,(H2,12,13). The molecule has 0 radical (unpaired) electrons. The van der Waals surface area contributed by atoms with Crippen molar-refractivity contribution in [2.24, 2.45) is 10.7 Å². The van der Waals surface area contributed by atoms with E-state index in [1.807, 2.05) is 20.8 Å². The molecule has 0 heterocycles. The summed E-state index contributed by atoms with van der Waals surface area (Å²) < 4.78 is 0. The number of hydrogen-bond acceptors (Lipinski definition) is 3. The van der Waals surface area contributed by atoms with E-state index in [4.69, 9.17) is 5.73 Å². The molecule has 86 valence electrons. The van der Waals surface area contributed by atoms with Gasteiger partial charge in [0.05, 0.1) is 10.5 Å². The molecule has 5 heteroatoms. The summed E-state index contributed by atoms with van der Waals surface area (Å²) in [6, 6.07) is 6.15. The second-order valence-electron chi connectivity index (χ2n) is 4.48. The molecule has 0 saturated carbocycles. The van der Waals surface area contributed by atoms with Crippen LogP contribution >= 0.6 is 0 Å². The van der Waals surface area contributed by atoms with Crippen molar-refractivity contribution in [3.8, 4) is 0 Å². The van der Waals surface area contributed by atoms with Crippen LogP contribution in [0.25, 0.3) is 0 Å². The molecule has 0 atom stereocenters. The Morgan fingerprint density at radius 2 is 2.06 bits per heavy atom. The molecule has 16 heavy (non-hydrogen) atoms. The third-order valence-corrected chi connectivity index (χ3v) is 1.81. The Morgan fingerprint density at radius 3 is 2.56 bits per heavy atom. The number of rotatable bonds is 2. The minimum Gasteiger partial charge on any atom is -0.383 e. The van der Waals surface area contributed by atoms with E-state index in [0.717, 1.165) is 0 Å². The third-order valence-electron chi connectivity index (χ3n) is 1.81. The SMILES string of the molecule is CC(C)(C)N=C(N)c1cccc([N+](=O)[O-])c1. The van der Waals surface area contributed by atoms with Crippen LogP contribution in [0.4, 0.5) is 5.69 Å². The maximum atomic E-state index is 10.6. The summed E-state index contributed by atoms with van der Waals surface area (Å²) >= 11 is 0. The van der Waals surface area contributed by atoms with Gasteiger partial charge in [-0.25, -0.2) is 0 Å². The van der Waals surface area contributed by atoms with Crippen LogP contribution in [0.2, 0.25) is 0 Å². The number of nitro benzene ring substituents is 1. The summed E-state index contributed by atoms with van der Waals surface area (Å²) in [5.74, 6) is 0.316. The number of aliphatic imine (C=N–C) groups is 1. The zero-order valence-electron chi connectivity index (χ0n) is 9.60. The van der Waals surface area contributed by atoms with E-state index in [2.05, 4.69) is 4.99 Å². The topological polar surface area (TPSA) is 81.5 Å². The molecule has 0 unspecified atom stereocenters. The van der Waals surface area contributed by atoms with Gasteiger partial charge in [-0.3, -0.25) is 15.1 Å². The van der Waals surface area contributed by atoms with E-state index in [0.29, 0.717) is 11.4 Å². The number of nitrogens with two attached hydrogens (primary N) is 1. The Bertz CT molecular complexity index is 433. The van der Waals surface area contributed by atoms with Crippen molar-refractivity contribution in [3.63, 3.8) is 0 Å². The Morgan fingerprint density at radius 1 is 1.44 bits per heavy atom. The van der Waals surface area contributed by atoms with Crippen LogP contribution in [-0.4, -0.2) is 16.3 Å². The highest BCUT2D eigenvalue weighted by Gasteiger charge is 2.11. The molecule has 0 spiro atoms. The fraction of sp³-hybridized carbons (Fsp3) is 0.364. The molecule has 0 aliphatic rings. The van der Waals surface area contributed by atoms with Gasteiger partial charge in [0, 0.05) is 17.7 Å². The van der Waals surface area contributed by atoms with E-state index >= 15 is 0 Å². The second-order valence-corrected chi connectivity index (χ2v) is 4.48. The highest BCUT2D eigenvalue weighted by atomic mass is 16.6. The van der Waals surface area contributed by atoms with Crippen LogP contribution in [0.15, 0.2) is 29.3 Å². The largest absolute Gasteiger partial charge is 0.383 e. The molecular formula is C11H15N3O2. The normalized spacial score (nSPS) is 12.6. The zero-order valence-corrected chi connectivity index (χ0v) is 9.60. The van der Waals surface area contributed by atoms with Gasteiger partial charge in [-0.15, -0.1) is 0 Å². The van der Waals surface area contributed by atoms with Crippen molar-refractivity contribution in [3.05, 3.63) is 39.9 Å². The quantitative estimate of drug-likeness (QED) is 0.359. The fourth-order valence-electron chi connectivity index (χ4n) is 1.20. The summed E-state index contributed by atoms with van der Waals surface area (Å²) in [4.78, 5) is 14.4. The average molecular weight is 221 g/mol. The number of benzene rings is 1. The molecule has 0 aromatic heterocycles. The first kappa shape index (κ1) is 12.2. The zero-order chi connectivity index (χ0) is 12.3. The lowest BCUT2D eigenvalue weighted by atomic mass is 10.1. The van der Waals surface area contributed by atoms with Crippen molar-refractivity contribution in [1.29, 1.82) is 0 Å². The number of nitrogens with zero attached hydrogens (tertiary/aromatic N) is 2. The predicted molar refractivity (Wildman–Crippen MR) is 63.6 cm³/mol. The summed E-state index contributed by atoms with van der Waals surface area (Å²) in [5, 5.41) is 10.6. The van der Waals surface area contributed by atoms with Gasteiger partial charge in [0.25, 0.3) is 5.69 Å². The third kappa shape index (κ3) is 3.34. The first-order chi connectivity index (χ1) is 7.29. The summed E-state index contributed by atoms with van der Waals surface area (Å²) in [5.41, 5.74) is 6.07. The Labute approximate surface area is 94.1 Å². The van der Waals surface area contributed by atoms with Crippen LogP contribution in [0.1, 0.15) is 26.3 Å². The number of non-ortho nitro benzene ring substituents is 1. The average Bonchev–Trinajstić information content (AvgIpc) is 2.15. The van der Waals surface area contributed by atoms with E-state index in [1.165, 1.54) is 12.1 Å². The molecule has 2 N–H and O–H groups in total. The van der Waals surface area contributed by atoms with Gasteiger partial charge in [-0.05, 0) is 20.8 Å². The molecule has 0 aliphatic carbocycles. The number of hydrogen-bond donors (Lipinski definition) is 1. The van der Waals surface area contributed by atoms with Crippen molar-refractivity contribution >= 4 is 11.5 Å². The minimum atomic E-state index is -0.451. The molecule has 5 nitrogen and oxygen atoms in total. The highest BCUT2D eigenvalue weighted by molar-refractivity contribution is 5.98. The Hall–Kier alpha value is -1.91. The van der Waals surface area contributed by atoms with Crippen LogP contribution < -0.4 is 5.73 Å². The lowest BCUT2D eigenvalue weighted by molar-refractivity contribution is -0.384. The van der Waals surface area contributed by atoms with E-state index < -0.39 is 4.92 Å². The second kappa shape index (κ2) is 4.30. The molecular weight excluding hydrogens is 206 g/mol. The Kier molecular flexibility index (Phi) is 3.27. The van der Waals surface area contributed by atoms with Gasteiger partial charge >= 0.3 is 0 Å². The van der Waals surface area contributed by atoms with Crippen LogP contribution in [0, 0.1) is 10.1 Å². The van der Waals surface area contributed by atoms with Gasteiger partial charge in [-0.1, -0.05) is 12.1 Å². The molecule has 0 bridgehead atoms. The van der Waals surface area contributed by atoms with Gasteiger partial charge in [0.1, 0.15) is 5.84 Å². The monoisotopic (exact) mass is 221 g/mol. The minimum absolute atomic E-state index is 0.0181. The van der Waals surface area contributed by atoms with Gasteiger partial charge in [0.2, 0.25) is 0 Å². The van der Waals surface area contributed by atoms with Crippen LogP contribution in [-0.2, 0) is 0 Å². The van der Waals surface area contributed by atoms with Crippen LogP contribution in [0.3, 0.4) is 0 Å². The van der Waals surface area contributed by atoms with Gasteiger partial charge in [0.15, 0.2) is 0 Å². The van der Waals surface area contributed by atoms with E-state index in [9.17, 15) is 10.1 Å². The first-order valence-electron chi connectivity index (χ1n) is 4.90. The molecule has 1 rings (SSSR count). The van der Waals surface area contributed by atoms with Gasteiger partial charge in [-0.2, -0.15) is 0 Å². The summed E-state index contributed by atoms with van der Waals surface area (Å²) in [7, 11) is 0. The molecule has 0 fully saturated rings. The number of nitro groups is 1. The van der Waals surface area contributed by atoms with Crippen molar-refractivity contribution in [1.82, 2.24) is 0 Å². The van der Waals surface area contributed by atoms with Gasteiger partial charge < -0.3 is 5.73 Å². The summed E-state index contributed by atoms with van der Waals surface area (Å²) in [6.45, 7) is 5.74. The smallest absolute Gasteiger partial charge is 0.270 e. The molecule has 1 aromatic carbocycles. The van der Waals surface area contributed by atoms with E-state index in [-0.39, 0.29) is 11.2 Å². The fourth-order valence-corrected chi connectivity index (χ4v) is 1.20. The molecule has 0 aliphatic heterocycles. The lowest BCUT2D eigenvalue weighted by Crippen LogP contribution is -2.21. The lowest BCUT2D eigenvalue weighted by Gasteiger charge is -2.13. The highest BCUT2D eigenvalue weighted by Crippen LogP contribution is 2.14. The van der Waals surface area contributed by atoms with Crippen molar-refractivity contribution in [2.45, 2.75) is 26.3 Å². The molecule has 0 amide bonds. The molecule has 0 saturated heterocycles. The number of amidine groups is 1. The van der Waals surface area contributed by atoms with Crippen molar-refractivity contribution < 1.29 is 4.92 Å². The maximum Gasteiger partial charge on any atom is 0.270 e. The van der Waals surface area contributed by atoms with E-state index in [1.54, 1.807) is 12.1 Å². The maximum absolute atomic E-state index is 10.6. The Balaban J connectivity index is 3.10. The predicted octanol–water partition coefficient (Wildman–Crippen LogP) is 2.10. The van der Waals surface area contributed by atoms with Crippen LogP contribution in [0.5, 0.6) is 0 Å². The first-order valence-corrected chi connectivity index (χ1v) is 4.90. The summed E-state index contributed by atoms with van der Waals surface area (Å²) in [6.07, 6.45) is 0.